The SMILES string of the molecule is CCSCCNC(CCO)COC. The maximum atomic E-state index is 8.77. The number of methoxy groups -OCH3 is 1. The molecule has 13 heavy (non-hydrogen) atoms. The summed E-state index contributed by atoms with van der Waals surface area (Å²) in [5.74, 6) is 2.29. The summed E-state index contributed by atoms with van der Waals surface area (Å²) < 4.78 is 5.03. The molecule has 0 fully saturated rings. The molecular formula is C9H21NO2S. The summed E-state index contributed by atoms with van der Waals surface area (Å²) in [4.78, 5) is 0. The highest BCUT2D eigenvalue weighted by atomic mass is 32.2. The Morgan fingerprint density at radius 1 is 1.54 bits per heavy atom. The van der Waals surface area contributed by atoms with Crippen molar-refractivity contribution in [3.05, 3.63) is 0 Å². The lowest BCUT2D eigenvalue weighted by atomic mass is 10.2. The third-order valence-electron chi connectivity index (χ3n) is 1.73. The number of aliphatic hydroxyl groups excluding tert-OH is 1. The van der Waals surface area contributed by atoms with Crippen molar-refractivity contribution in [3.63, 3.8) is 0 Å². The number of hydrogen-bond donors (Lipinski definition) is 2. The van der Waals surface area contributed by atoms with Gasteiger partial charge in [0.2, 0.25) is 0 Å². The highest BCUT2D eigenvalue weighted by Gasteiger charge is 2.05. The molecule has 0 aromatic heterocycles. The van der Waals surface area contributed by atoms with Crippen LogP contribution in [0.15, 0.2) is 0 Å². The molecule has 1 atom stereocenters. The van der Waals surface area contributed by atoms with E-state index in [1.807, 2.05) is 11.8 Å². The molecular weight excluding hydrogens is 186 g/mol. The topological polar surface area (TPSA) is 41.5 Å². The van der Waals surface area contributed by atoms with E-state index in [2.05, 4.69) is 12.2 Å². The second kappa shape index (κ2) is 10.3. The van der Waals surface area contributed by atoms with Crippen LogP contribution in [0.1, 0.15) is 13.3 Å². The summed E-state index contributed by atoms with van der Waals surface area (Å²) in [6, 6.07) is 0.299. The molecule has 3 nitrogen and oxygen atoms in total. The number of rotatable bonds is 9. The minimum atomic E-state index is 0.224. The number of ether oxygens (including phenoxy) is 1. The Morgan fingerprint density at radius 3 is 2.85 bits per heavy atom. The van der Waals surface area contributed by atoms with Crippen LogP contribution in [0.5, 0.6) is 0 Å². The van der Waals surface area contributed by atoms with Gasteiger partial charge in [0.05, 0.1) is 6.61 Å². The van der Waals surface area contributed by atoms with E-state index < -0.39 is 0 Å². The average Bonchev–Trinajstić information content (AvgIpc) is 2.13. The van der Waals surface area contributed by atoms with Crippen molar-refractivity contribution in [2.75, 3.05) is 38.4 Å². The molecule has 80 valence electrons. The summed E-state index contributed by atoms with van der Waals surface area (Å²) >= 11 is 1.92. The van der Waals surface area contributed by atoms with Gasteiger partial charge in [-0.1, -0.05) is 6.92 Å². The second-order valence-electron chi connectivity index (χ2n) is 2.82. The Bertz CT molecular complexity index is 97.6. The molecule has 0 aliphatic carbocycles. The Labute approximate surface area is 85.2 Å². The zero-order chi connectivity index (χ0) is 9.94. The molecule has 0 heterocycles. The molecule has 0 spiro atoms. The predicted octanol–water partition coefficient (Wildman–Crippen LogP) is 0.726. The van der Waals surface area contributed by atoms with Crippen molar-refractivity contribution in [1.29, 1.82) is 0 Å². The number of aliphatic hydroxyl groups is 1. The van der Waals surface area contributed by atoms with Crippen LogP contribution in [-0.4, -0.2) is 49.5 Å². The van der Waals surface area contributed by atoms with Gasteiger partial charge in [0, 0.05) is 32.1 Å². The van der Waals surface area contributed by atoms with Gasteiger partial charge in [0.15, 0.2) is 0 Å². The lowest BCUT2D eigenvalue weighted by molar-refractivity contribution is 0.150. The minimum absolute atomic E-state index is 0.224. The molecule has 0 amide bonds. The lowest BCUT2D eigenvalue weighted by Gasteiger charge is -2.16. The molecule has 0 aromatic carbocycles. The van der Waals surface area contributed by atoms with E-state index in [4.69, 9.17) is 9.84 Å². The summed E-state index contributed by atoms with van der Waals surface area (Å²) in [5.41, 5.74) is 0. The van der Waals surface area contributed by atoms with Crippen molar-refractivity contribution in [2.24, 2.45) is 0 Å². The molecule has 0 bridgehead atoms. The van der Waals surface area contributed by atoms with Crippen LogP contribution in [-0.2, 0) is 4.74 Å². The minimum Gasteiger partial charge on any atom is -0.396 e. The molecule has 4 heteroatoms. The molecule has 1 unspecified atom stereocenters. The first kappa shape index (κ1) is 13.2. The van der Waals surface area contributed by atoms with Gasteiger partial charge in [0.25, 0.3) is 0 Å². The molecule has 0 saturated heterocycles. The zero-order valence-corrected chi connectivity index (χ0v) is 9.40. The fourth-order valence-corrected chi connectivity index (χ4v) is 1.63. The van der Waals surface area contributed by atoms with Gasteiger partial charge in [-0.2, -0.15) is 11.8 Å². The van der Waals surface area contributed by atoms with Crippen molar-refractivity contribution in [3.8, 4) is 0 Å². The van der Waals surface area contributed by atoms with E-state index >= 15 is 0 Å². The Kier molecular flexibility index (Phi) is 10.5. The maximum absolute atomic E-state index is 8.77. The molecule has 0 radical (unpaired) electrons. The average molecular weight is 207 g/mol. The second-order valence-corrected chi connectivity index (χ2v) is 4.21. The summed E-state index contributed by atoms with van der Waals surface area (Å²) in [6.07, 6.45) is 0.768. The van der Waals surface area contributed by atoms with Gasteiger partial charge in [-0.25, -0.2) is 0 Å². The van der Waals surface area contributed by atoms with Crippen LogP contribution < -0.4 is 5.32 Å². The Balaban J connectivity index is 3.33. The van der Waals surface area contributed by atoms with Crippen molar-refractivity contribution >= 4 is 11.8 Å². The van der Waals surface area contributed by atoms with Crippen molar-refractivity contribution in [1.82, 2.24) is 5.32 Å². The van der Waals surface area contributed by atoms with E-state index in [9.17, 15) is 0 Å². The molecule has 0 aromatic rings. The van der Waals surface area contributed by atoms with Crippen LogP contribution >= 0.6 is 11.8 Å². The Hall–Kier alpha value is 0.230. The van der Waals surface area contributed by atoms with Crippen LogP contribution in [0.25, 0.3) is 0 Å². The zero-order valence-electron chi connectivity index (χ0n) is 8.58. The summed E-state index contributed by atoms with van der Waals surface area (Å²) in [5, 5.41) is 12.1. The van der Waals surface area contributed by atoms with Gasteiger partial charge in [-0.05, 0) is 12.2 Å². The van der Waals surface area contributed by atoms with Crippen LogP contribution in [0.4, 0.5) is 0 Å². The van der Waals surface area contributed by atoms with Crippen LogP contribution in [0.2, 0.25) is 0 Å². The van der Waals surface area contributed by atoms with E-state index in [1.165, 1.54) is 0 Å². The third kappa shape index (κ3) is 8.56. The van der Waals surface area contributed by atoms with Crippen LogP contribution in [0, 0.1) is 0 Å². The van der Waals surface area contributed by atoms with Crippen molar-refractivity contribution < 1.29 is 9.84 Å². The molecule has 0 rings (SSSR count). The highest BCUT2D eigenvalue weighted by molar-refractivity contribution is 7.99. The molecule has 2 N–H and O–H groups in total. The van der Waals surface area contributed by atoms with Gasteiger partial charge < -0.3 is 15.2 Å². The van der Waals surface area contributed by atoms with Gasteiger partial charge in [-0.3, -0.25) is 0 Å². The molecule has 0 saturated carbocycles. The first-order valence-corrected chi connectivity index (χ1v) is 5.91. The van der Waals surface area contributed by atoms with Gasteiger partial charge in [-0.15, -0.1) is 0 Å². The fourth-order valence-electron chi connectivity index (χ4n) is 1.08. The first-order valence-electron chi connectivity index (χ1n) is 4.76. The standard InChI is InChI=1S/C9H21NO2S/c1-3-13-7-5-10-9(4-6-11)8-12-2/h9-11H,3-8H2,1-2H3. The highest BCUT2D eigenvalue weighted by Crippen LogP contribution is 1.97. The summed E-state index contributed by atoms with van der Waals surface area (Å²) in [7, 11) is 1.69. The number of hydrogen-bond acceptors (Lipinski definition) is 4. The normalized spacial score (nSPS) is 13.2. The largest absolute Gasteiger partial charge is 0.396 e. The molecule has 0 aliphatic rings. The first-order chi connectivity index (χ1) is 6.35. The smallest absolute Gasteiger partial charge is 0.0616 e. The number of thioether (sulfide) groups is 1. The maximum Gasteiger partial charge on any atom is 0.0616 e. The predicted molar refractivity (Wildman–Crippen MR) is 58.4 cm³/mol. The quantitative estimate of drug-likeness (QED) is 0.547. The third-order valence-corrected chi connectivity index (χ3v) is 2.63. The van der Waals surface area contributed by atoms with E-state index in [1.54, 1.807) is 7.11 Å². The van der Waals surface area contributed by atoms with E-state index in [0.717, 1.165) is 24.5 Å². The lowest BCUT2D eigenvalue weighted by Crippen LogP contribution is -2.35. The van der Waals surface area contributed by atoms with Gasteiger partial charge >= 0.3 is 0 Å². The van der Waals surface area contributed by atoms with Gasteiger partial charge in [0.1, 0.15) is 0 Å². The van der Waals surface area contributed by atoms with E-state index in [0.29, 0.717) is 12.6 Å². The fraction of sp³-hybridized carbons (Fsp3) is 1.00. The monoisotopic (exact) mass is 207 g/mol. The van der Waals surface area contributed by atoms with E-state index in [-0.39, 0.29) is 6.61 Å². The summed E-state index contributed by atoms with van der Waals surface area (Å²) in [6.45, 7) is 4.05. The van der Waals surface area contributed by atoms with Crippen LogP contribution in [0.3, 0.4) is 0 Å². The molecule has 0 aliphatic heterocycles. The van der Waals surface area contributed by atoms with Crippen molar-refractivity contribution in [2.45, 2.75) is 19.4 Å². The number of nitrogens with one attached hydrogen (secondary N) is 1. The Morgan fingerprint density at radius 2 is 2.31 bits per heavy atom.